The van der Waals surface area contributed by atoms with Crippen LogP contribution in [-0.4, -0.2) is 35.7 Å². The van der Waals surface area contributed by atoms with Crippen molar-refractivity contribution < 1.29 is 14.4 Å². The molecule has 1 spiro atoms. The molecule has 2 aromatic rings. The van der Waals surface area contributed by atoms with Crippen molar-refractivity contribution in [1.82, 2.24) is 10.2 Å². The van der Waals surface area contributed by atoms with E-state index in [2.05, 4.69) is 22.8 Å². The highest BCUT2D eigenvalue weighted by Gasteiger charge is 2.55. The van der Waals surface area contributed by atoms with E-state index in [1.165, 1.54) is 18.4 Å². The van der Waals surface area contributed by atoms with E-state index >= 15 is 0 Å². The molecule has 2 fully saturated rings. The molecule has 0 radical (unpaired) electrons. The van der Waals surface area contributed by atoms with Crippen LogP contribution in [-0.2, 0) is 4.79 Å². The average Bonchev–Trinajstić information content (AvgIpc) is 3.17. The van der Waals surface area contributed by atoms with Gasteiger partial charge in [0.25, 0.3) is 11.8 Å². The van der Waals surface area contributed by atoms with Crippen LogP contribution in [0.25, 0.3) is 0 Å². The largest absolute Gasteiger partial charge is 0.343 e. The predicted molar refractivity (Wildman–Crippen MR) is 109 cm³/mol. The number of carbonyl (C=O) groups excluding carboxylic acids is 3. The summed E-state index contributed by atoms with van der Waals surface area (Å²) >= 11 is 0. The standard InChI is InChI=1S/C23H23N3O3/c27-19-13-24-21(28)17-9-8-16(12-18(17)25-19)22(29)26-14-23(10-4-5-11-23)20(26)15-6-2-1-3-7-15/h1-3,6-9,12,20H,4-5,10-11,13-14H2,(H,24,28)(H,25,27). The van der Waals surface area contributed by atoms with Gasteiger partial charge in [0.2, 0.25) is 5.91 Å². The molecule has 2 aliphatic heterocycles. The summed E-state index contributed by atoms with van der Waals surface area (Å²) < 4.78 is 0. The number of benzene rings is 2. The Balaban J connectivity index is 1.47. The van der Waals surface area contributed by atoms with E-state index in [4.69, 9.17) is 0 Å². The third-order valence-corrected chi connectivity index (χ3v) is 6.55. The van der Waals surface area contributed by atoms with Crippen molar-refractivity contribution in [2.75, 3.05) is 18.4 Å². The van der Waals surface area contributed by atoms with E-state index < -0.39 is 0 Å². The van der Waals surface area contributed by atoms with Crippen LogP contribution in [0.4, 0.5) is 5.69 Å². The maximum absolute atomic E-state index is 13.4. The molecule has 0 bridgehead atoms. The molecule has 3 aliphatic rings. The Morgan fingerprint density at radius 1 is 1.03 bits per heavy atom. The van der Waals surface area contributed by atoms with Gasteiger partial charge in [-0.25, -0.2) is 0 Å². The first-order valence-electron chi connectivity index (χ1n) is 10.2. The van der Waals surface area contributed by atoms with E-state index in [-0.39, 0.29) is 35.7 Å². The zero-order valence-corrected chi connectivity index (χ0v) is 16.1. The van der Waals surface area contributed by atoms with Crippen molar-refractivity contribution in [3.05, 3.63) is 65.2 Å². The fraction of sp³-hybridized carbons (Fsp3) is 0.348. The van der Waals surface area contributed by atoms with Crippen molar-refractivity contribution in [3.63, 3.8) is 0 Å². The van der Waals surface area contributed by atoms with Crippen molar-refractivity contribution in [3.8, 4) is 0 Å². The van der Waals surface area contributed by atoms with Crippen LogP contribution in [0.15, 0.2) is 48.5 Å². The molecule has 1 atom stereocenters. The monoisotopic (exact) mass is 389 g/mol. The Kier molecular flexibility index (Phi) is 4.15. The molecular formula is C23H23N3O3. The molecule has 6 nitrogen and oxygen atoms in total. The molecular weight excluding hydrogens is 366 g/mol. The van der Waals surface area contributed by atoms with E-state index in [0.717, 1.165) is 19.4 Å². The average molecular weight is 389 g/mol. The van der Waals surface area contributed by atoms with Crippen molar-refractivity contribution in [2.45, 2.75) is 31.7 Å². The summed E-state index contributed by atoms with van der Waals surface area (Å²) in [5.41, 5.74) is 2.62. The van der Waals surface area contributed by atoms with Crippen LogP contribution in [0.3, 0.4) is 0 Å². The first kappa shape index (κ1) is 17.9. The van der Waals surface area contributed by atoms with Crippen LogP contribution >= 0.6 is 0 Å². The minimum atomic E-state index is -0.312. The molecule has 2 aromatic carbocycles. The van der Waals surface area contributed by atoms with Gasteiger partial charge in [0.05, 0.1) is 23.8 Å². The lowest BCUT2D eigenvalue weighted by atomic mass is 9.67. The molecule has 2 N–H and O–H groups in total. The summed E-state index contributed by atoms with van der Waals surface area (Å²) in [7, 11) is 0. The summed E-state index contributed by atoms with van der Waals surface area (Å²) in [6.45, 7) is 0.691. The van der Waals surface area contributed by atoms with Gasteiger partial charge >= 0.3 is 0 Å². The molecule has 5 rings (SSSR count). The Morgan fingerprint density at radius 3 is 2.55 bits per heavy atom. The number of nitrogens with zero attached hydrogens (tertiary/aromatic N) is 1. The highest BCUT2D eigenvalue weighted by molar-refractivity contribution is 6.10. The second-order valence-electron chi connectivity index (χ2n) is 8.31. The lowest BCUT2D eigenvalue weighted by Crippen LogP contribution is -2.59. The van der Waals surface area contributed by atoms with Gasteiger partial charge in [-0.2, -0.15) is 0 Å². The molecule has 1 saturated carbocycles. The summed E-state index contributed by atoms with van der Waals surface area (Å²) in [5.74, 6) is -0.663. The van der Waals surface area contributed by atoms with E-state index in [1.807, 2.05) is 23.1 Å². The summed E-state index contributed by atoms with van der Waals surface area (Å²) in [6, 6.07) is 15.3. The zero-order valence-electron chi connectivity index (χ0n) is 16.1. The lowest BCUT2D eigenvalue weighted by molar-refractivity contribution is -0.115. The van der Waals surface area contributed by atoms with Gasteiger partial charge in [0, 0.05) is 17.5 Å². The summed E-state index contributed by atoms with van der Waals surface area (Å²) in [4.78, 5) is 39.3. The number of fused-ring (bicyclic) bond motifs is 1. The van der Waals surface area contributed by atoms with Crippen LogP contribution in [0.2, 0.25) is 0 Å². The molecule has 1 unspecified atom stereocenters. The van der Waals surface area contributed by atoms with Crippen molar-refractivity contribution >= 4 is 23.4 Å². The molecule has 3 amide bonds. The van der Waals surface area contributed by atoms with E-state index in [9.17, 15) is 14.4 Å². The maximum Gasteiger partial charge on any atom is 0.254 e. The second-order valence-corrected chi connectivity index (χ2v) is 8.31. The second kappa shape index (κ2) is 6.72. The normalized spacial score (nSPS) is 22.3. The molecule has 2 heterocycles. The summed E-state index contributed by atoms with van der Waals surface area (Å²) in [6.07, 6.45) is 4.73. The van der Waals surface area contributed by atoms with Crippen molar-refractivity contribution in [1.29, 1.82) is 0 Å². The highest BCUT2D eigenvalue weighted by Crippen LogP contribution is 2.58. The SMILES string of the molecule is O=C1CNC(=O)c2ccc(C(=O)N3CC4(CCCC4)C3c3ccccc3)cc2N1. The van der Waals surface area contributed by atoms with Gasteiger partial charge in [-0.1, -0.05) is 43.2 Å². The van der Waals surface area contributed by atoms with E-state index in [1.54, 1.807) is 18.2 Å². The molecule has 29 heavy (non-hydrogen) atoms. The number of rotatable bonds is 2. The smallest absolute Gasteiger partial charge is 0.254 e. The zero-order chi connectivity index (χ0) is 20.0. The lowest BCUT2D eigenvalue weighted by Gasteiger charge is -2.56. The highest BCUT2D eigenvalue weighted by atomic mass is 16.2. The Labute approximate surface area is 169 Å². The van der Waals surface area contributed by atoms with E-state index in [0.29, 0.717) is 16.8 Å². The van der Waals surface area contributed by atoms with Crippen LogP contribution in [0.1, 0.15) is 58.0 Å². The predicted octanol–water partition coefficient (Wildman–Crippen LogP) is 3.13. The molecule has 148 valence electrons. The van der Waals surface area contributed by atoms with Gasteiger partial charge in [-0.15, -0.1) is 0 Å². The fourth-order valence-electron chi connectivity index (χ4n) is 5.20. The minimum Gasteiger partial charge on any atom is -0.343 e. The minimum absolute atomic E-state index is 0.0573. The third-order valence-electron chi connectivity index (χ3n) is 6.55. The maximum atomic E-state index is 13.4. The number of hydrogen-bond donors (Lipinski definition) is 2. The molecule has 1 aliphatic carbocycles. The first-order valence-corrected chi connectivity index (χ1v) is 10.2. The summed E-state index contributed by atoms with van der Waals surface area (Å²) in [5, 5.41) is 5.28. The first-order chi connectivity index (χ1) is 14.1. The molecule has 0 aromatic heterocycles. The van der Waals surface area contributed by atoms with Gasteiger partial charge in [0.15, 0.2) is 0 Å². The number of anilines is 1. The van der Waals surface area contributed by atoms with Gasteiger partial charge < -0.3 is 15.5 Å². The molecule has 1 saturated heterocycles. The number of amides is 3. The topological polar surface area (TPSA) is 78.5 Å². The Bertz CT molecular complexity index is 996. The van der Waals surface area contributed by atoms with Crippen LogP contribution in [0.5, 0.6) is 0 Å². The number of nitrogens with one attached hydrogen (secondary N) is 2. The van der Waals surface area contributed by atoms with Gasteiger partial charge in [-0.05, 0) is 36.6 Å². The van der Waals surface area contributed by atoms with Gasteiger partial charge in [-0.3, -0.25) is 14.4 Å². The molecule has 6 heteroatoms. The Morgan fingerprint density at radius 2 is 1.79 bits per heavy atom. The van der Waals surface area contributed by atoms with Crippen molar-refractivity contribution in [2.24, 2.45) is 5.41 Å². The van der Waals surface area contributed by atoms with Crippen LogP contribution in [0, 0.1) is 5.41 Å². The number of hydrogen-bond acceptors (Lipinski definition) is 3. The number of carbonyl (C=O) groups is 3. The van der Waals surface area contributed by atoms with Gasteiger partial charge in [0.1, 0.15) is 0 Å². The quantitative estimate of drug-likeness (QED) is 0.828. The third kappa shape index (κ3) is 2.90. The fourth-order valence-corrected chi connectivity index (χ4v) is 5.20. The Hall–Kier alpha value is -3.15. The number of likely N-dealkylation sites (tertiary alicyclic amines) is 1. The van der Waals surface area contributed by atoms with Crippen LogP contribution < -0.4 is 10.6 Å².